The summed E-state index contributed by atoms with van der Waals surface area (Å²) in [6.45, 7) is 3.96. The van der Waals surface area contributed by atoms with E-state index in [-0.39, 0.29) is 4.49 Å². The second-order valence-electron chi connectivity index (χ2n) is 2.23. The van der Waals surface area contributed by atoms with Gasteiger partial charge >= 0.3 is 0 Å². The molecule has 0 saturated carbocycles. The Labute approximate surface area is 82.1 Å². The second kappa shape index (κ2) is 5.70. The van der Waals surface area contributed by atoms with E-state index in [4.69, 9.17) is 34.8 Å². The maximum absolute atomic E-state index is 5.69. The van der Waals surface area contributed by atoms with Crippen LogP contribution in [0.3, 0.4) is 0 Å². The monoisotopic (exact) mass is 210 g/mol. The zero-order valence-corrected chi connectivity index (χ0v) is 8.63. The molecule has 0 spiro atoms. The van der Waals surface area contributed by atoms with Gasteiger partial charge in [-0.2, -0.15) is 0 Å². The summed E-state index contributed by atoms with van der Waals surface area (Å²) in [4.78, 5) is 0. The summed E-state index contributed by atoms with van der Waals surface area (Å²) >= 11 is 16.4. The van der Waals surface area contributed by atoms with Gasteiger partial charge in [-0.3, -0.25) is 0 Å². The van der Waals surface area contributed by atoms with Crippen LogP contribution < -0.4 is 0 Å². The van der Waals surface area contributed by atoms with Crippen molar-refractivity contribution in [2.24, 2.45) is 0 Å². The molecule has 0 aliphatic heterocycles. The van der Waals surface area contributed by atoms with Crippen molar-refractivity contribution >= 4 is 34.8 Å². The molecule has 0 saturated heterocycles. The van der Waals surface area contributed by atoms with Crippen molar-refractivity contribution in [2.45, 2.75) is 13.8 Å². The standard InChI is InChI=1S/C8H9Cl3/c1-6(2)3-4-7(9)5-8(10)11/h3-5H,1-2H3. The molecule has 0 amide bonds. The molecule has 62 valence electrons. The summed E-state index contributed by atoms with van der Waals surface area (Å²) in [6, 6.07) is 0. The average molecular weight is 212 g/mol. The van der Waals surface area contributed by atoms with Crippen molar-refractivity contribution in [1.82, 2.24) is 0 Å². The number of rotatable bonds is 2. The van der Waals surface area contributed by atoms with Crippen molar-refractivity contribution < 1.29 is 0 Å². The first kappa shape index (κ1) is 11.1. The van der Waals surface area contributed by atoms with Crippen molar-refractivity contribution in [2.75, 3.05) is 0 Å². The molecule has 0 aromatic heterocycles. The van der Waals surface area contributed by atoms with Crippen LogP contribution in [0.2, 0.25) is 0 Å². The van der Waals surface area contributed by atoms with Crippen LogP contribution in [0, 0.1) is 0 Å². The van der Waals surface area contributed by atoms with Gasteiger partial charge in [0.15, 0.2) is 0 Å². The third kappa shape index (κ3) is 7.99. The third-order valence-corrected chi connectivity index (χ3v) is 1.28. The Hall–Kier alpha value is 0.0900. The van der Waals surface area contributed by atoms with E-state index >= 15 is 0 Å². The molecule has 0 N–H and O–H groups in total. The highest BCUT2D eigenvalue weighted by Gasteiger charge is 1.86. The lowest BCUT2D eigenvalue weighted by Crippen LogP contribution is -1.64. The zero-order chi connectivity index (χ0) is 8.85. The summed E-state index contributed by atoms with van der Waals surface area (Å²) in [6.07, 6.45) is 5.10. The lowest BCUT2D eigenvalue weighted by molar-refractivity contribution is 1.39. The molecule has 0 fully saturated rings. The Kier molecular flexibility index (Phi) is 5.75. The van der Waals surface area contributed by atoms with Crippen molar-refractivity contribution in [3.05, 3.63) is 33.3 Å². The average Bonchev–Trinajstić information content (AvgIpc) is 1.82. The minimum atomic E-state index is 0.161. The Morgan fingerprint density at radius 1 is 1.00 bits per heavy atom. The van der Waals surface area contributed by atoms with Crippen LogP contribution >= 0.6 is 34.8 Å². The van der Waals surface area contributed by atoms with Gasteiger partial charge in [-0.1, -0.05) is 46.5 Å². The summed E-state index contributed by atoms with van der Waals surface area (Å²) in [5.74, 6) is 0. The van der Waals surface area contributed by atoms with E-state index in [9.17, 15) is 0 Å². The zero-order valence-electron chi connectivity index (χ0n) is 6.37. The number of hydrogen-bond acceptors (Lipinski definition) is 0. The van der Waals surface area contributed by atoms with E-state index in [2.05, 4.69) is 0 Å². The van der Waals surface area contributed by atoms with E-state index < -0.39 is 0 Å². The van der Waals surface area contributed by atoms with Crippen molar-refractivity contribution in [3.63, 3.8) is 0 Å². The summed E-state index contributed by atoms with van der Waals surface area (Å²) in [5.41, 5.74) is 1.17. The summed E-state index contributed by atoms with van der Waals surface area (Å²) in [5, 5.41) is 0.520. The molecule has 0 aromatic rings. The van der Waals surface area contributed by atoms with E-state index in [0.29, 0.717) is 5.03 Å². The highest BCUT2D eigenvalue weighted by molar-refractivity contribution is 6.56. The Bertz CT molecular complexity index is 203. The highest BCUT2D eigenvalue weighted by atomic mass is 35.5. The first-order chi connectivity index (χ1) is 5.02. The third-order valence-electron chi connectivity index (χ3n) is 0.823. The lowest BCUT2D eigenvalue weighted by atomic mass is 10.3. The quantitative estimate of drug-likeness (QED) is 0.594. The smallest absolute Gasteiger partial charge is 0.0843 e. The molecule has 0 aromatic carbocycles. The SMILES string of the molecule is CC(C)=CC=C(Cl)C=C(Cl)Cl. The van der Waals surface area contributed by atoms with Gasteiger partial charge in [-0.05, 0) is 26.0 Å². The van der Waals surface area contributed by atoms with Crippen LogP contribution in [-0.4, -0.2) is 0 Å². The van der Waals surface area contributed by atoms with Gasteiger partial charge < -0.3 is 0 Å². The summed E-state index contributed by atoms with van der Waals surface area (Å²) in [7, 11) is 0. The second-order valence-corrected chi connectivity index (χ2v) is 3.67. The van der Waals surface area contributed by atoms with Gasteiger partial charge in [-0.25, -0.2) is 0 Å². The predicted molar refractivity (Wildman–Crippen MR) is 53.2 cm³/mol. The van der Waals surface area contributed by atoms with Gasteiger partial charge in [0.2, 0.25) is 0 Å². The molecule has 0 bridgehead atoms. The minimum Gasteiger partial charge on any atom is -0.0843 e. The molecule has 0 radical (unpaired) electrons. The van der Waals surface area contributed by atoms with Crippen molar-refractivity contribution in [3.8, 4) is 0 Å². The fourth-order valence-corrected chi connectivity index (χ4v) is 0.918. The normalized spacial score (nSPS) is 10.8. The van der Waals surface area contributed by atoms with Crippen molar-refractivity contribution in [1.29, 1.82) is 0 Å². The van der Waals surface area contributed by atoms with Gasteiger partial charge in [0.1, 0.15) is 4.49 Å². The van der Waals surface area contributed by atoms with Crippen LogP contribution in [0.5, 0.6) is 0 Å². The van der Waals surface area contributed by atoms with Gasteiger partial charge in [-0.15, -0.1) is 0 Å². The fraction of sp³-hybridized carbons (Fsp3) is 0.250. The van der Waals surface area contributed by atoms with E-state index in [1.807, 2.05) is 19.9 Å². The molecular formula is C8H9Cl3. The first-order valence-electron chi connectivity index (χ1n) is 3.05. The molecule has 0 atom stereocenters. The molecule has 0 aliphatic rings. The minimum absolute atomic E-state index is 0.161. The maximum atomic E-state index is 5.69. The van der Waals surface area contributed by atoms with Gasteiger partial charge in [0.25, 0.3) is 0 Å². The largest absolute Gasteiger partial charge is 0.108 e. The predicted octanol–water partition coefficient (Wildman–Crippen LogP) is 4.39. The maximum Gasteiger partial charge on any atom is 0.108 e. The highest BCUT2D eigenvalue weighted by Crippen LogP contribution is 2.14. The van der Waals surface area contributed by atoms with E-state index in [1.165, 1.54) is 11.6 Å². The lowest BCUT2D eigenvalue weighted by Gasteiger charge is -1.86. The van der Waals surface area contributed by atoms with Crippen LogP contribution in [0.25, 0.3) is 0 Å². The fourth-order valence-electron chi connectivity index (χ4n) is 0.399. The summed E-state index contributed by atoms with van der Waals surface area (Å²) < 4.78 is 0.161. The number of halogens is 3. The van der Waals surface area contributed by atoms with Crippen LogP contribution in [0.4, 0.5) is 0 Å². The van der Waals surface area contributed by atoms with Crippen LogP contribution in [0.1, 0.15) is 13.8 Å². The number of hydrogen-bond donors (Lipinski definition) is 0. The molecule has 3 heteroatoms. The topological polar surface area (TPSA) is 0 Å². The molecule has 11 heavy (non-hydrogen) atoms. The van der Waals surface area contributed by atoms with Gasteiger partial charge in [0, 0.05) is 5.03 Å². The Morgan fingerprint density at radius 3 is 1.91 bits per heavy atom. The molecule has 0 nitrogen and oxygen atoms in total. The van der Waals surface area contributed by atoms with E-state index in [0.717, 1.165) is 0 Å². The molecule has 0 aliphatic carbocycles. The molecule has 0 rings (SSSR count). The number of allylic oxidation sites excluding steroid dienone is 5. The van der Waals surface area contributed by atoms with E-state index in [1.54, 1.807) is 6.08 Å². The van der Waals surface area contributed by atoms with Gasteiger partial charge in [0.05, 0.1) is 0 Å². The Morgan fingerprint density at radius 2 is 1.55 bits per heavy atom. The molecular weight excluding hydrogens is 202 g/mol. The van der Waals surface area contributed by atoms with Crippen LogP contribution in [0.15, 0.2) is 33.3 Å². The Balaban J connectivity index is 4.25. The molecule has 0 heterocycles. The molecule has 0 unspecified atom stereocenters. The van der Waals surface area contributed by atoms with Crippen LogP contribution in [-0.2, 0) is 0 Å². The first-order valence-corrected chi connectivity index (χ1v) is 4.19.